The summed E-state index contributed by atoms with van der Waals surface area (Å²) in [5.74, 6) is 0.338. The third-order valence-corrected chi connectivity index (χ3v) is 3.78. The average Bonchev–Trinajstić information content (AvgIpc) is 2.53. The Hall–Kier alpha value is -2.39. The van der Waals surface area contributed by atoms with Gasteiger partial charge in [0.15, 0.2) is 5.82 Å². The molecule has 0 aliphatic heterocycles. The lowest BCUT2D eigenvalue weighted by Gasteiger charge is -2.08. The molecule has 0 amide bonds. The van der Waals surface area contributed by atoms with Gasteiger partial charge in [-0.1, -0.05) is 42.1 Å². The predicted molar refractivity (Wildman–Crippen MR) is 84.3 cm³/mol. The first-order valence-electron chi connectivity index (χ1n) is 6.78. The summed E-state index contributed by atoms with van der Waals surface area (Å²) >= 11 is 1.19. The van der Waals surface area contributed by atoms with Crippen molar-refractivity contribution in [3.05, 3.63) is 41.6 Å². The number of ether oxygens (including phenoxy) is 1. The van der Waals surface area contributed by atoms with Crippen LogP contribution in [0.25, 0.3) is 11.4 Å². The Balaban J connectivity index is 2.33. The quantitative estimate of drug-likeness (QED) is 0.480. The number of rotatable bonds is 5. The van der Waals surface area contributed by atoms with Crippen molar-refractivity contribution in [2.45, 2.75) is 18.9 Å². The van der Waals surface area contributed by atoms with Gasteiger partial charge in [0.2, 0.25) is 0 Å². The molecule has 0 fully saturated rings. The highest BCUT2D eigenvalue weighted by Crippen LogP contribution is 2.25. The molecule has 0 bridgehead atoms. The van der Waals surface area contributed by atoms with E-state index in [0.717, 1.165) is 5.56 Å². The van der Waals surface area contributed by atoms with Crippen LogP contribution in [-0.4, -0.2) is 28.3 Å². The van der Waals surface area contributed by atoms with Gasteiger partial charge in [-0.25, -0.2) is 9.97 Å². The summed E-state index contributed by atoms with van der Waals surface area (Å²) in [6, 6.07) is 11.6. The SMILES string of the molecule is CCOC(=O)CSc1nc(-c2ccccc2)nc(C)c1C#N. The number of benzene rings is 1. The maximum atomic E-state index is 11.5. The van der Waals surface area contributed by atoms with Gasteiger partial charge in [0.05, 0.1) is 18.1 Å². The highest BCUT2D eigenvalue weighted by molar-refractivity contribution is 7.99. The van der Waals surface area contributed by atoms with Crippen molar-refractivity contribution in [1.29, 1.82) is 5.26 Å². The molecular weight excluding hydrogens is 298 g/mol. The van der Waals surface area contributed by atoms with Crippen LogP contribution in [0.3, 0.4) is 0 Å². The van der Waals surface area contributed by atoms with Crippen LogP contribution in [0.1, 0.15) is 18.2 Å². The summed E-state index contributed by atoms with van der Waals surface area (Å²) < 4.78 is 4.90. The molecular formula is C16H15N3O2S. The van der Waals surface area contributed by atoms with Gasteiger partial charge in [-0.2, -0.15) is 5.26 Å². The number of carbonyl (C=O) groups excluding carboxylic acids is 1. The second kappa shape index (κ2) is 7.57. The molecule has 2 aromatic rings. The summed E-state index contributed by atoms with van der Waals surface area (Å²) in [5.41, 5.74) is 1.87. The number of hydrogen-bond acceptors (Lipinski definition) is 6. The molecule has 0 saturated heterocycles. The molecule has 0 spiro atoms. The van der Waals surface area contributed by atoms with E-state index in [2.05, 4.69) is 16.0 Å². The topological polar surface area (TPSA) is 75.9 Å². The molecule has 1 heterocycles. The van der Waals surface area contributed by atoms with E-state index >= 15 is 0 Å². The highest BCUT2D eigenvalue weighted by Gasteiger charge is 2.15. The van der Waals surface area contributed by atoms with Crippen molar-refractivity contribution in [2.24, 2.45) is 0 Å². The van der Waals surface area contributed by atoms with Crippen LogP contribution in [-0.2, 0) is 9.53 Å². The molecule has 2 rings (SSSR count). The van der Waals surface area contributed by atoms with Gasteiger partial charge >= 0.3 is 5.97 Å². The second-order valence-electron chi connectivity index (χ2n) is 4.38. The van der Waals surface area contributed by atoms with Crippen molar-refractivity contribution in [3.8, 4) is 17.5 Å². The minimum Gasteiger partial charge on any atom is -0.465 e. The van der Waals surface area contributed by atoms with E-state index in [0.29, 0.717) is 28.7 Å². The predicted octanol–water partition coefficient (Wildman–Crippen LogP) is 2.98. The second-order valence-corrected chi connectivity index (χ2v) is 5.35. The minimum absolute atomic E-state index is 0.118. The van der Waals surface area contributed by atoms with E-state index < -0.39 is 0 Å². The van der Waals surface area contributed by atoms with Crippen LogP contribution >= 0.6 is 11.8 Å². The number of thioether (sulfide) groups is 1. The third-order valence-electron chi connectivity index (χ3n) is 2.83. The number of hydrogen-bond donors (Lipinski definition) is 0. The number of aryl methyl sites for hydroxylation is 1. The van der Waals surface area contributed by atoms with E-state index in [1.807, 2.05) is 30.3 Å². The normalized spacial score (nSPS) is 10.0. The lowest BCUT2D eigenvalue weighted by Crippen LogP contribution is -2.08. The molecule has 0 unspecified atom stereocenters. The summed E-state index contributed by atoms with van der Waals surface area (Å²) in [5, 5.41) is 9.77. The molecule has 6 heteroatoms. The number of carbonyl (C=O) groups is 1. The smallest absolute Gasteiger partial charge is 0.316 e. The van der Waals surface area contributed by atoms with E-state index in [1.54, 1.807) is 13.8 Å². The Labute approximate surface area is 133 Å². The standard InChI is InChI=1S/C16H15N3O2S/c1-3-21-14(20)10-22-16-13(9-17)11(2)18-15(19-16)12-7-5-4-6-8-12/h4-8H,3,10H2,1-2H3. The first-order chi connectivity index (χ1) is 10.7. The van der Waals surface area contributed by atoms with Crippen molar-refractivity contribution >= 4 is 17.7 Å². The summed E-state index contributed by atoms with van der Waals surface area (Å²) in [6.07, 6.45) is 0. The zero-order chi connectivity index (χ0) is 15.9. The minimum atomic E-state index is -0.325. The Morgan fingerprint density at radius 3 is 2.68 bits per heavy atom. The lowest BCUT2D eigenvalue weighted by atomic mass is 10.2. The fourth-order valence-electron chi connectivity index (χ4n) is 1.83. The summed E-state index contributed by atoms with van der Waals surface area (Å²) in [7, 11) is 0. The fourth-order valence-corrected chi connectivity index (χ4v) is 2.65. The van der Waals surface area contributed by atoms with Crippen molar-refractivity contribution < 1.29 is 9.53 Å². The van der Waals surface area contributed by atoms with Crippen LogP contribution in [0.15, 0.2) is 35.4 Å². The third kappa shape index (κ3) is 3.83. The molecule has 0 aliphatic carbocycles. The van der Waals surface area contributed by atoms with Gasteiger partial charge in [0.25, 0.3) is 0 Å². The van der Waals surface area contributed by atoms with Gasteiger partial charge < -0.3 is 4.74 Å². The molecule has 1 aromatic heterocycles. The number of esters is 1. The number of nitrogens with zero attached hydrogens (tertiary/aromatic N) is 3. The van der Waals surface area contributed by atoms with E-state index in [4.69, 9.17) is 4.74 Å². The number of aromatic nitrogens is 2. The van der Waals surface area contributed by atoms with E-state index in [9.17, 15) is 10.1 Å². The molecule has 0 aliphatic rings. The van der Waals surface area contributed by atoms with E-state index in [-0.39, 0.29) is 11.7 Å². The average molecular weight is 313 g/mol. The fraction of sp³-hybridized carbons (Fsp3) is 0.250. The maximum absolute atomic E-state index is 11.5. The van der Waals surface area contributed by atoms with Crippen LogP contribution in [0.2, 0.25) is 0 Å². The van der Waals surface area contributed by atoms with Crippen molar-refractivity contribution in [3.63, 3.8) is 0 Å². The largest absolute Gasteiger partial charge is 0.465 e. The Morgan fingerprint density at radius 2 is 2.05 bits per heavy atom. The molecule has 0 radical (unpaired) electrons. The van der Waals surface area contributed by atoms with Crippen LogP contribution in [0.4, 0.5) is 0 Å². The van der Waals surface area contributed by atoms with E-state index in [1.165, 1.54) is 11.8 Å². The summed E-state index contributed by atoms with van der Waals surface area (Å²) in [4.78, 5) is 20.3. The monoisotopic (exact) mass is 313 g/mol. The molecule has 0 atom stereocenters. The zero-order valence-corrected chi connectivity index (χ0v) is 13.2. The molecule has 5 nitrogen and oxygen atoms in total. The Morgan fingerprint density at radius 1 is 1.32 bits per heavy atom. The molecule has 1 aromatic carbocycles. The highest BCUT2D eigenvalue weighted by atomic mass is 32.2. The van der Waals surface area contributed by atoms with Gasteiger partial charge in [0.1, 0.15) is 16.7 Å². The molecule has 0 N–H and O–H groups in total. The maximum Gasteiger partial charge on any atom is 0.316 e. The van der Waals surface area contributed by atoms with Crippen molar-refractivity contribution in [2.75, 3.05) is 12.4 Å². The van der Waals surface area contributed by atoms with Gasteiger partial charge in [0, 0.05) is 5.56 Å². The van der Waals surface area contributed by atoms with Crippen LogP contribution in [0.5, 0.6) is 0 Å². The molecule has 22 heavy (non-hydrogen) atoms. The Kier molecular flexibility index (Phi) is 5.50. The van der Waals surface area contributed by atoms with Crippen molar-refractivity contribution in [1.82, 2.24) is 9.97 Å². The molecule has 112 valence electrons. The summed E-state index contributed by atoms with van der Waals surface area (Å²) in [6.45, 7) is 3.86. The first-order valence-corrected chi connectivity index (χ1v) is 7.76. The first kappa shape index (κ1) is 16.0. The number of nitriles is 1. The van der Waals surface area contributed by atoms with Crippen LogP contribution < -0.4 is 0 Å². The lowest BCUT2D eigenvalue weighted by molar-refractivity contribution is -0.139. The van der Waals surface area contributed by atoms with Crippen LogP contribution in [0, 0.1) is 18.3 Å². The molecule has 0 saturated carbocycles. The zero-order valence-electron chi connectivity index (χ0n) is 12.4. The van der Waals surface area contributed by atoms with Gasteiger partial charge in [-0.05, 0) is 13.8 Å². The van der Waals surface area contributed by atoms with Gasteiger partial charge in [-0.15, -0.1) is 0 Å². The Bertz CT molecular complexity index is 711. The van der Waals surface area contributed by atoms with Gasteiger partial charge in [-0.3, -0.25) is 4.79 Å².